The number of likely N-dealkylation sites (tertiary alicyclic amines) is 1. The number of methoxy groups -OCH3 is 1. The van der Waals surface area contributed by atoms with Crippen LogP contribution in [0, 0.1) is 5.92 Å². The zero-order chi connectivity index (χ0) is 16.3. The van der Waals surface area contributed by atoms with E-state index in [0.717, 1.165) is 0 Å². The molecule has 0 N–H and O–H groups in total. The quantitative estimate of drug-likeness (QED) is 0.706. The first-order valence-electron chi connectivity index (χ1n) is 7.79. The molecule has 2 heterocycles. The Hall–Kier alpha value is -1.63. The maximum atomic E-state index is 12.5. The molecule has 1 unspecified atom stereocenters. The van der Waals surface area contributed by atoms with Crippen molar-refractivity contribution >= 4 is 17.7 Å². The van der Waals surface area contributed by atoms with Crippen LogP contribution in [0.25, 0.3) is 0 Å². The van der Waals surface area contributed by atoms with Crippen LogP contribution in [0.1, 0.15) is 20.3 Å². The SMILES string of the molecule is COCC(=O)N1CCN(C(=O)C2CC(=O)N(C(C)C)C2)CC1. The second kappa shape index (κ2) is 7.09. The van der Waals surface area contributed by atoms with Crippen molar-refractivity contribution in [3.05, 3.63) is 0 Å². The lowest BCUT2D eigenvalue weighted by Crippen LogP contribution is -2.52. The van der Waals surface area contributed by atoms with Gasteiger partial charge in [0.2, 0.25) is 17.7 Å². The summed E-state index contributed by atoms with van der Waals surface area (Å²) in [4.78, 5) is 41.4. The molecule has 1 atom stereocenters. The number of amides is 3. The minimum Gasteiger partial charge on any atom is -0.375 e. The number of rotatable bonds is 4. The van der Waals surface area contributed by atoms with Crippen molar-refractivity contribution < 1.29 is 19.1 Å². The molecule has 2 aliphatic heterocycles. The van der Waals surface area contributed by atoms with E-state index in [4.69, 9.17) is 4.74 Å². The minimum absolute atomic E-state index is 0.0374. The molecule has 7 heteroatoms. The monoisotopic (exact) mass is 311 g/mol. The normalized spacial score (nSPS) is 22.6. The molecular weight excluding hydrogens is 286 g/mol. The third kappa shape index (κ3) is 3.58. The molecule has 0 saturated carbocycles. The number of carbonyl (C=O) groups excluding carboxylic acids is 3. The maximum absolute atomic E-state index is 12.5. The van der Waals surface area contributed by atoms with Crippen LogP contribution in [0.2, 0.25) is 0 Å². The van der Waals surface area contributed by atoms with Crippen LogP contribution in [-0.2, 0) is 19.1 Å². The lowest BCUT2D eigenvalue weighted by Gasteiger charge is -2.35. The fourth-order valence-electron chi connectivity index (χ4n) is 3.05. The Balaban J connectivity index is 1.86. The third-order valence-electron chi connectivity index (χ3n) is 4.34. The molecule has 0 spiro atoms. The average Bonchev–Trinajstić information content (AvgIpc) is 2.89. The van der Waals surface area contributed by atoms with E-state index in [-0.39, 0.29) is 36.3 Å². The van der Waals surface area contributed by atoms with Crippen molar-refractivity contribution in [3.8, 4) is 0 Å². The lowest BCUT2D eigenvalue weighted by atomic mass is 10.1. The number of carbonyl (C=O) groups is 3. The van der Waals surface area contributed by atoms with Gasteiger partial charge in [-0.1, -0.05) is 0 Å². The molecule has 0 aromatic rings. The highest BCUT2D eigenvalue weighted by atomic mass is 16.5. The van der Waals surface area contributed by atoms with Crippen LogP contribution >= 0.6 is 0 Å². The van der Waals surface area contributed by atoms with E-state index >= 15 is 0 Å². The second-order valence-corrected chi connectivity index (χ2v) is 6.18. The number of hydrogen-bond donors (Lipinski definition) is 0. The molecule has 22 heavy (non-hydrogen) atoms. The van der Waals surface area contributed by atoms with Gasteiger partial charge in [-0.25, -0.2) is 0 Å². The summed E-state index contributed by atoms with van der Waals surface area (Å²) in [7, 11) is 1.50. The van der Waals surface area contributed by atoms with Crippen molar-refractivity contribution in [2.45, 2.75) is 26.3 Å². The highest BCUT2D eigenvalue weighted by Crippen LogP contribution is 2.22. The van der Waals surface area contributed by atoms with E-state index < -0.39 is 0 Å². The molecule has 3 amide bonds. The maximum Gasteiger partial charge on any atom is 0.248 e. The van der Waals surface area contributed by atoms with Crippen molar-refractivity contribution in [1.29, 1.82) is 0 Å². The number of ether oxygens (including phenoxy) is 1. The first-order chi connectivity index (χ1) is 10.4. The fourth-order valence-corrected chi connectivity index (χ4v) is 3.05. The van der Waals surface area contributed by atoms with E-state index in [1.807, 2.05) is 13.8 Å². The van der Waals surface area contributed by atoms with Gasteiger partial charge in [-0.05, 0) is 13.8 Å². The van der Waals surface area contributed by atoms with Crippen LogP contribution in [0.15, 0.2) is 0 Å². The summed E-state index contributed by atoms with van der Waals surface area (Å²) in [5.41, 5.74) is 0. The molecule has 2 saturated heterocycles. The smallest absolute Gasteiger partial charge is 0.248 e. The van der Waals surface area contributed by atoms with E-state index in [0.29, 0.717) is 39.1 Å². The molecular formula is C15H25N3O4. The van der Waals surface area contributed by atoms with Crippen LogP contribution in [-0.4, -0.2) is 84.9 Å². The molecule has 0 aromatic carbocycles. The molecule has 7 nitrogen and oxygen atoms in total. The van der Waals surface area contributed by atoms with Gasteiger partial charge >= 0.3 is 0 Å². The zero-order valence-corrected chi connectivity index (χ0v) is 13.6. The van der Waals surface area contributed by atoms with E-state index in [1.54, 1.807) is 14.7 Å². The summed E-state index contributed by atoms with van der Waals surface area (Å²) >= 11 is 0. The van der Waals surface area contributed by atoms with E-state index in [2.05, 4.69) is 0 Å². The van der Waals surface area contributed by atoms with Gasteiger partial charge in [-0.15, -0.1) is 0 Å². The van der Waals surface area contributed by atoms with Crippen LogP contribution in [0.3, 0.4) is 0 Å². The van der Waals surface area contributed by atoms with E-state index in [1.165, 1.54) is 7.11 Å². The van der Waals surface area contributed by atoms with Crippen LogP contribution < -0.4 is 0 Å². The molecule has 2 rings (SSSR count). The minimum atomic E-state index is -0.240. The van der Waals surface area contributed by atoms with Gasteiger partial charge in [0.25, 0.3) is 0 Å². The van der Waals surface area contributed by atoms with E-state index in [9.17, 15) is 14.4 Å². The van der Waals surface area contributed by atoms with Crippen molar-refractivity contribution in [1.82, 2.24) is 14.7 Å². The van der Waals surface area contributed by atoms with Gasteiger partial charge in [0, 0.05) is 52.3 Å². The standard InChI is InChI=1S/C15H25N3O4/c1-11(2)18-9-12(8-13(18)19)15(21)17-6-4-16(5-7-17)14(20)10-22-3/h11-12H,4-10H2,1-3H3. The fraction of sp³-hybridized carbons (Fsp3) is 0.800. The molecule has 2 aliphatic rings. The number of piperazine rings is 1. The highest BCUT2D eigenvalue weighted by molar-refractivity contribution is 5.89. The van der Waals surface area contributed by atoms with Crippen LogP contribution in [0.5, 0.6) is 0 Å². The summed E-state index contributed by atoms with van der Waals surface area (Å²) in [5.74, 6) is -0.189. The lowest BCUT2D eigenvalue weighted by molar-refractivity contribution is -0.143. The van der Waals surface area contributed by atoms with Gasteiger partial charge < -0.3 is 19.4 Å². The summed E-state index contributed by atoms with van der Waals surface area (Å²) in [6, 6.07) is 0.133. The van der Waals surface area contributed by atoms with Gasteiger partial charge in [0.1, 0.15) is 6.61 Å². The van der Waals surface area contributed by atoms with Gasteiger partial charge in [0.15, 0.2) is 0 Å². The average molecular weight is 311 g/mol. The van der Waals surface area contributed by atoms with Crippen molar-refractivity contribution in [2.24, 2.45) is 5.92 Å². The Kier molecular flexibility index (Phi) is 5.39. The number of hydrogen-bond acceptors (Lipinski definition) is 4. The molecule has 0 bridgehead atoms. The Morgan fingerprint density at radius 1 is 1.18 bits per heavy atom. The first-order valence-corrected chi connectivity index (χ1v) is 7.79. The molecule has 0 radical (unpaired) electrons. The molecule has 2 fully saturated rings. The van der Waals surface area contributed by atoms with Gasteiger partial charge in [0.05, 0.1) is 5.92 Å². The zero-order valence-electron chi connectivity index (χ0n) is 13.6. The first kappa shape index (κ1) is 16.7. The predicted octanol–water partition coefficient (Wildman–Crippen LogP) is -0.439. The van der Waals surface area contributed by atoms with Crippen molar-refractivity contribution in [3.63, 3.8) is 0 Å². The molecule has 0 aliphatic carbocycles. The second-order valence-electron chi connectivity index (χ2n) is 6.18. The summed E-state index contributed by atoms with van der Waals surface area (Å²) < 4.78 is 4.84. The highest BCUT2D eigenvalue weighted by Gasteiger charge is 2.38. The van der Waals surface area contributed by atoms with Crippen molar-refractivity contribution in [2.75, 3.05) is 46.4 Å². The van der Waals surface area contributed by atoms with Crippen LogP contribution in [0.4, 0.5) is 0 Å². The largest absolute Gasteiger partial charge is 0.375 e. The molecule has 124 valence electrons. The van der Waals surface area contributed by atoms with Gasteiger partial charge in [-0.2, -0.15) is 0 Å². The Morgan fingerprint density at radius 3 is 2.27 bits per heavy atom. The van der Waals surface area contributed by atoms with Gasteiger partial charge in [-0.3, -0.25) is 14.4 Å². The Bertz CT molecular complexity index is 444. The Labute approximate surface area is 131 Å². The summed E-state index contributed by atoms with van der Waals surface area (Å²) in [5, 5.41) is 0. The molecule has 0 aromatic heterocycles. The summed E-state index contributed by atoms with van der Waals surface area (Å²) in [6.07, 6.45) is 0.305. The number of nitrogens with zero attached hydrogens (tertiary/aromatic N) is 3. The third-order valence-corrected chi connectivity index (χ3v) is 4.34. The Morgan fingerprint density at radius 2 is 1.77 bits per heavy atom. The topological polar surface area (TPSA) is 70.2 Å². The predicted molar refractivity (Wildman–Crippen MR) is 80.0 cm³/mol. The summed E-state index contributed by atoms with van der Waals surface area (Å²) in [6.45, 7) is 6.63.